The van der Waals surface area contributed by atoms with Crippen molar-refractivity contribution < 1.29 is 21.2 Å². The minimum absolute atomic E-state index is 0.0776. The summed E-state index contributed by atoms with van der Waals surface area (Å²) in [6, 6.07) is 4.16. The standard InChI is InChI=1S/C12H13FN2O4S2/c1-15(9-5-6-20(16,17)8-9)21(18,19)12-4-2-3-11(13)10(12)7-14/h2-4,9H,5-6,8H2,1H3. The van der Waals surface area contributed by atoms with Crippen molar-refractivity contribution in [3.05, 3.63) is 29.6 Å². The molecule has 114 valence electrons. The van der Waals surface area contributed by atoms with Crippen LogP contribution in [0, 0.1) is 17.1 Å². The van der Waals surface area contributed by atoms with Crippen LogP contribution in [-0.2, 0) is 19.9 Å². The number of benzene rings is 1. The summed E-state index contributed by atoms with van der Waals surface area (Å²) in [5, 5.41) is 8.92. The number of halogens is 1. The number of nitriles is 1. The first-order chi connectivity index (χ1) is 9.69. The maximum atomic E-state index is 13.5. The van der Waals surface area contributed by atoms with Crippen molar-refractivity contribution in [1.29, 1.82) is 5.26 Å². The molecular weight excluding hydrogens is 319 g/mol. The molecule has 9 heteroatoms. The molecule has 0 aliphatic carbocycles. The van der Waals surface area contributed by atoms with Gasteiger partial charge in [0.15, 0.2) is 9.84 Å². The largest absolute Gasteiger partial charge is 0.244 e. The van der Waals surface area contributed by atoms with Crippen molar-refractivity contribution in [2.45, 2.75) is 17.4 Å². The molecular formula is C12H13FN2O4S2. The molecule has 1 heterocycles. The Labute approximate surface area is 122 Å². The predicted octanol–water partition coefficient (Wildman–Crippen LogP) is 0.505. The normalized spacial score (nSPS) is 21.3. The van der Waals surface area contributed by atoms with Crippen LogP contribution < -0.4 is 0 Å². The van der Waals surface area contributed by atoms with Crippen LogP contribution in [0.4, 0.5) is 4.39 Å². The highest BCUT2D eigenvalue weighted by Gasteiger charge is 2.37. The highest BCUT2D eigenvalue weighted by Crippen LogP contribution is 2.26. The van der Waals surface area contributed by atoms with Gasteiger partial charge in [0.25, 0.3) is 0 Å². The van der Waals surface area contributed by atoms with E-state index in [1.165, 1.54) is 19.2 Å². The van der Waals surface area contributed by atoms with Gasteiger partial charge < -0.3 is 0 Å². The lowest BCUT2D eigenvalue weighted by atomic mass is 10.2. The van der Waals surface area contributed by atoms with Gasteiger partial charge in [0.2, 0.25) is 10.0 Å². The molecule has 0 spiro atoms. The van der Waals surface area contributed by atoms with Gasteiger partial charge in [-0.3, -0.25) is 0 Å². The zero-order valence-electron chi connectivity index (χ0n) is 11.2. The van der Waals surface area contributed by atoms with Gasteiger partial charge in [-0.15, -0.1) is 0 Å². The quantitative estimate of drug-likeness (QED) is 0.803. The molecule has 0 saturated carbocycles. The molecule has 0 radical (unpaired) electrons. The van der Waals surface area contributed by atoms with Crippen molar-refractivity contribution in [2.24, 2.45) is 0 Å². The van der Waals surface area contributed by atoms with Crippen LogP contribution in [0.15, 0.2) is 23.1 Å². The average Bonchev–Trinajstić information content (AvgIpc) is 2.77. The first-order valence-corrected chi connectivity index (χ1v) is 9.32. The van der Waals surface area contributed by atoms with Crippen molar-refractivity contribution >= 4 is 19.9 Å². The van der Waals surface area contributed by atoms with Crippen molar-refractivity contribution in [3.63, 3.8) is 0 Å². The van der Waals surface area contributed by atoms with Crippen molar-refractivity contribution in [3.8, 4) is 6.07 Å². The molecule has 0 N–H and O–H groups in total. The first-order valence-electron chi connectivity index (χ1n) is 6.06. The van der Waals surface area contributed by atoms with E-state index in [-0.39, 0.29) is 17.9 Å². The van der Waals surface area contributed by atoms with E-state index in [9.17, 15) is 21.2 Å². The monoisotopic (exact) mass is 332 g/mol. The van der Waals surface area contributed by atoms with E-state index in [4.69, 9.17) is 5.26 Å². The number of nitrogens with zero attached hydrogens (tertiary/aromatic N) is 2. The summed E-state index contributed by atoms with van der Waals surface area (Å²) >= 11 is 0. The minimum atomic E-state index is -4.13. The molecule has 1 aliphatic rings. The third-order valence-electron chi connectivity index (χ3n) is 3.47. The van der Waals surface area contributed by atoms with E-state index in [1.54, 1.807) is 0 Å². The predicted molar refractivity (Wildman–Crippen MR) is 73.1 cm³/mol. The Hall–Kier alpha value is -1.50. The van der Waals surface area contributed by atoms with Crippen LogP contribution in [0.2, 0.25) is 0 Å². The lowest BCUT2D eigenvalue weighted by molar-refractivity contribution is 0.393. The minimum Gasteiger partial charge on any atom is -0.229 e. The van der Waals surface area contributed by atoms with E-state index < -0.39 is 42.2 Å². The fourth-order valence-electron chi connectivity index (χ4n) is 2.24. The van der Waals surface area contributed by atoms with E-state index in [0.717, 1.165) is 16.4 Å². The van der Waals surface area contributed by atoms with E-state index in [0.29, 0.717) is 0 Å². The van der Waals surface area contributed by atoms with Crippen LogP contribution >= 0.6 is 0 Å². The summed E-state index contributed by atoms with van der Waals surface area (Å²) in [7, 11) is -6.14. The summed E-state index contributed by atoms with van der Waals surface area (Å²) in [4.78, 5) is -0.447. The van der Waals surface area contributed by atoms with E-state index in [1.807, 2.05) is 0 Å². The molecule has 0 amide bonds. The fraction of sp³-hybridized carbons (Fsp3) is 0.417. The maximum Gasteiger partial charge on any atom is 0.244 e. The second-order valence-corrected chi connectivity index (χ2v) is 9.00. The van der Waals surface area contributed by atoms with Gasteiger partial charge in [-0.05, 0) is 18.6 Å². The Morgan fingerprint density at radius 2 is 2.10 bits per heavy atom. The smallest absolute Gasteiger partial charge is 0.229 e. The average molecular weight is 332 g/mol. The second kappa shape index (κ2) is 5.36. The van der Waals surface area contributed by atoms with Crippen LogP contribution in [0.5, 0.6) is 0 Å². The zero-order valence-corrected chi connectivity index (χ0v) is 12.8. The highest BCUT2D eigenvalue weighted by molar-refractivity contribution is 7.92. The molecule has 1 unspecified atom stereocenters. The lowest BCUT2D eigenvalue weighted by Gasteiger charge is -2.23. The summed E-state index contributed by atoms with van der Waals surface area (Å²) in [6.07, 6.45) is 0.190. The third-order valence-corrected chi connectivity index (χ3v) is 7.17. The van der Waals surface area contributed by atoms with E-state index in [2.05, 4.69) is 0 Å². The fourth-order valence-corrected chi connectivity index (χ4v) is 5.64. The maximum absolute atomic E-state index is 13.5. The Kier molecular flexibility index (Phi) is 4.06. The summed E-state index contributed by atoms with van der Waals surface area (Å²) in [5.74, 6) is -1.27. The van der Waals surface area contributed by atoms with Gasteiger partial charge in [-0.25, -0.2) is 21.2 Å². The summed E-state index contributed by atoms with van der Waals surface area (Å²) < 4.78 is 62.3. The number of hydrogen-bond acceptors (Lipinski definition) is 5. The molecule has 1 aliphatic heterocycles. The Morgan fingerprint density at radius 1 is 1.43 bits per heavy atom. The topological polar surface area (TPSA) is 95.3 Å². The van der Waals surface area contributed by atoms with E-state index >= 15 is 0 Å². The van der Waals surface area contributed by atoms with Crippen LogP contribution in [0.25, 0.3) is 0 Å². The third kappa shape index (κ3) is 2.92. The van der Waals surface area contributed by atoms with Crippen LogP contribution in [0.1, 0.15) is 12.0 Å². The molecule has 1 fully saturated rings. The lowest BCUT2D eigenvalue weighted by Crippen LogP contribution is -2.38. The van der Waals surface area contributed by atoms with Crippen LogP contribution in [-0.4, -0.2) is 45.7 Å². The molecule has 0 bridgehead atoms. The van der Waals surface area contributed by atoms with Gasteiger partial charge in [-0.2, -0.15) is 9.57 Å². The second-order valence-electron chi connectivity index (χ2n) is 4.80. The molecule has 1 aromatic carbocycles. The molecule has 1 saturated heterocycles. The number of sulfonamides is 1. The molecule has 2 rings (SSSR count). The van der Waals surface area contributed by atoms with Gasteiger partial charge in [0.05, 0.1) is 11.5 Å². The Balaban J connectivity index is 2.44. The number of rotatable bonds is 3. The van der Waals surface area contributed by atoms with Gasteiger partial charge >= 0.3 is 0 Å². The first kappa shape index (κ1) is 15.9. The SMILES string of the molecule is CN(C1CCS(=O)(=O)C1)S(=O)(=O)c1cccc(F)c1C#N. The molecule has 0 aromatic heterocycles. The molecule has 6 nitrogen and oxygen atoms in total. The number of sulfone groups is 1. The molecule has 1 aromatic rings. The highest BCUT2D eigenvalue weighted by atomic mass is 32.2. The van der Waals surface area contributed by atoms with Crippen molar-refractivity contribution in [2.75, 3.05) is 18.6 Å². The molecule has 1 atom stereocenters. The van der Waals surface area contributed by atoms with Crippen LogP contribution in [0.3, 0.4) is 0 Å². The Morgan fingerprint density at radius 3 is 2.62 bits per heavy atom. The van der Waals surface area contributed by atoms with Gasteiger partial charge in [-0.1, -0.05) is 6.07 Å². The van der Waals surface area contributed by atoms with Crippen molar-refractivity contribution in [1.82, 2.24) is 4.31 Å². The summed E-state index contributed by atoms with van der Waals surface area (Å²) in [6.45, 7) is 0. The number of hydrogen-bond donors (Lipinski definition) is 0. The van der Waals surface area contributed by atoms with Gasteiger partial charge in [0, 0.05) is 13.1 Å². The summed E-state index contributed by atoms with van der Waals surface area (Å²) in [5.41, 5.74) is -0.565. The molecule has 21 heavy (non-hydrogen) atoms. The Bertz CT molecular complexity index is 812. The van der Waals surface area contributed by atoms with Gasteiger partial charge in [0.1, 0.15) is 22.3 Å². The zero-order chi connectivity index (χ0) is 15.8.